The van der Waals surface area contributed by atoms with Gasteiger partial charge < -0.3 is 12.4 Å². The van der Waals surface area contributed by atoms with Gasteiger partial charge in [-0.05, 0) is 13.3 Å². The highest BCUT2D eigenvalue weighted by Crippen LogP contribution is 2.50. The molecule has 0 unspecified atom stereocenters. The van der Waals surface area contributed by atoms with E-state index < -0.39 is 7.26 Å². The van der Waals surface area contributed by atoms with Gasteiger partial charge in [-0.15, -0.1) is 0 Å². The molecule has 0 spiro atoms. The lowest BCUT2D eigenvalue weighted by Crippen LogP contribution is -3.00. The van der Waals surface area contributed by atoms with Crippen LogP contribution in [0.15, 0.2) is 0 Å². The molecule has 0 saturated heterocycles. The SMILES string of the molecule is CCC[P+](C)(C)CC.[Cl-]. The van der Waals surface area contributed by atoms with E-state index in [1.807, 2.05) is 0 Å². The Morgan fingerprint density at radius 3 is 1.67 bits per heavy atom. The Morgan fingerprint density at radius 2 is 1.56 bits per heavy atom. The normalized spacial score (nSPS) is 10.7. The summed E-state index contributed by atoms with van der Waals surface area (Å²) in [5.41, 5.74) is 0. The number of hydrogen-bond donors (Lipinski definition) is 0. The second-order valence-electron chi connectivity index (χ2n) is 2.98. The van der Waals surface area contributed by atoms with Crippen LogP contribution in [0.4, 0.5) is 0 Å². The molecule has 0 N–H and O–H groups in total. The van der Waals surface area contributed by atoms with E-state index in [1.165, 1.54) is 18.7 Å². The lowest BCUT2D eigenvalue weighted by Gasteiger charge is -2.13. The monoisotopic (exact) mass is 168 g/mol. The van der Waals surface area contributed by atoms with Gasteiger partial charge in [-0.3, -0.25) is 0 Å². The van der Waals surface area contributed by atoms with Gasteiger partial charge in [0, 0.05) is 20.6 Å². The second kappa shape index (κ2) is 5.50. The van der Waals surface area contributed by atoms with Crippen LogP contribution in [0.1, 0.15) is 20.3 Å². The predicted octanol–water partition coefficient (Wildman–Crippen LogP) is -0.302. The summed E-state index contributed by atoms with van der Waals surface area (Å²) in [5, 5.41) is 0. The van der Waals surface area contributed by atoms with E-state index in [9.17, 15) is 0 Å². The Morgan fingerprint density at radius 1 is 1.11 bits per heavy atom. The molecule has 0 bridgehead atoms. The largest absolute Gasteiger partial charge is 1.00 e. The van der Waals surface area contributed by atoms with Gasteiger partial charge in [0.05, 0.1) is 12.3 Å². The molecule has 0 aromatic carbocycles. The second-order valence-corrected chi connectivity index (χ2v) is 7.93. The number of hydrogen-bond acceptors (Lipinski definition) is 0. The topological polar surface area (TPSA) is 0 Å². The van der Waals surface area contributed by atoms with E-state index in [2.05, 4.69) is 27.2 Å². The first-order valence-electron chi connectivity index (χ1n) is 3.44. The summed E-state index contributed by atoms with van der Waals surface area (Å²) in [7, 11) is -0.423. The maximum Gasteiger partial charge on any atom is 0.0586 e. The minimum atomic E-state index is -0.423. The molecule has 0 aliphatic carbocycles. The summed E-state index contributed by atoms with van der Waals surface area (Å²) in [6, 6.07) is 0. The Balaban J connectivity index is 0. The Hall–Kier alpha value is 0.720. The molecule has 0 aromatic heterocycles. The van der Waals surface area contributed by atoms with Crippen LogP contribution >= 0.6 is 7.26 Å². The van der Waals surface area contributed by atoms with Gasteiger partial charge in [-0.25, -0.2) is 0 Å². The van der Waals surface area contributed by atoms with Crippen LogP contribution in [0.25, 0.3) is 0 Å². The molecule has 0 rings (SSSR count). The molecular weight excluding hydrogens is 151 g/mol. The summed E-state index contributed by atoms with van der Waals surface area (Å²) in [5.74, 6) is 0. The lowest BCUT2D eigenvalue weighted by molar-refractivity contribution is -0.00000209. The quantitative estimate of drug-likeness (QED) is 0.508. The first-order chi connectivity index (χ1) is 3.62. The summed E-state index contributed by atoms with van der Waals surface area (Å²) in [6.45, 7) is 9.47. The first-order valence-corrected chi connectivity index (χ1v) is 6.49. The summed E-state index contributed by atoms with van der Waals surface area (Å²) >= 11 is 0. The van der Waals surface area contributed by atoms with Crippen molar-refractivity contribution in [2.45, 2.75) is 20.3 Å². The van der Waals surface area contributed by atoms with Gasteiger partial charge in [0.1, 0.15) is 0 Å². The third-order valence-electron chi connectivity index (χ3n) is 1.68. The molecule has 0 aromatic rings. The third-order valence-corrected chi connectivity index (χ3v) is 5.05. The van der Waals surface area contributed by atoms with E-state index in [0.29, 0.717) is 0 Å². The van der Waals surface area contributed by atoms with Gasteiger partial charge in [-0.2, -0.15) is 0 Å². The molecule has 0 atom stereocenters. The molecule has 0 fully saturated rings. The van der Waals surface area contributed by atoms with Gasteiger partial charge >= 0.3 is 0 Å². The average molecular weight is 169 g/mol. The van der Waals surface area contributed by atoms with Crippen molar-refractivity contribution in [3.8, 4) is 0 Å². The van der Waals surface area contributed by atoms with Gasteiger partial charge in [0.25, 0.3) is 0 Å². The van der Waals surface area contributed by atoms with Crippen LogP contribution in [0.2, 0.25) is 0 Å². The summed E-state index contributed by atoms with van der Waals surface area (Å²) in [4.78, 5) is 0. The minimum absolute atomic E-state index is 0. The van der Waals surface area contributed by atoms with E-state index in [-0.39, 0.29) is 12.4 Å². The Labute approximate surface area is 66.2 Å². The molecule has 0 saturated carbocycles. The average Bonchev–Trinajstić information content (AvgIpc) is 1.67. The van der Waals surface area contributed by atoms with Gasteiger partial charge in [0.15, 0.2) is 0 Å². The van der Waals surface area contributed by atoms with Crippen LogP contribution in [-0.4, -0.2) is 25.7 Å². The lowest BCUT2D eigenvalue weighted by atomic mass is 10.6. The molecule has 0 amide bonds. The van der Waals surface area contributed by atoms with Crippen LogP contribution in [0.5, 0.6) is 0 Å². The zero-order valence-electron chi connectivity index (χ0n) is 6.95. The molecule has 2 heteroatoms. The minimum Gasteiger partial charge on any atom is -1.00 e. The zero-order valence-corrected chi connectivity index (χ0v) is 8.60. The van der Waals surface area contributed by atoms with E-state index >= 15 is 0 Å². The fraction of sp³-hybridized carbons (Fsp3) is 1.00. The molecule has 58 valence electrons. The maximum atomic E-state index is 2.44. The fourth-order valence-electron chi connectivity index (χ4n) is 0.763. The molecule has 0 aliphatic rings. The fourth-order valence-corrected chi connectivity index (χ4v) is 2.29. The highest BCUT2D eigenvalue weighted by atomic mass is 35.5. The number of rotatable bonds is 3. The van der Waals surface area contributed by atoms with Crippen molar-refractivity contribution >= 4 is 7.26 Å². The summed E-state index contributed by atoms with van der Waals surface area (Å²) in [6.07, 6.45) is 4.26. The predicted molar refractivity (Wildman–Crippen MR) is 44.5 cm³/mol. The highest BCUT2D eigenvalue weighted by Gasteiger charge is 2.19. The van der Waals surface area contributed by atoms with Crippen LogP contribution in [-0.2, 0) is 0 Å². The van der Waals surface area contributed by atoms with Crippen molar-refractivity contribution in [3.63, 3.8) is 0 Å². The van der Waals surface area contributed by atoms with Crippen molar-refractivity contribution in [3.05, 3.63) is 0 Å². The van der Waals surface area contributed by atoms with Crippen molar-refractivity contribution in [2.75, 3.05) is 25.7 Å². The highest BCUT2D eigenvalue weighted by molar-refractivity contribution is 7.74. The first kappa shape index (κ1) is 12.4. The molecule has 9 heavy (non-hydrogen) atoms. The van der Waals surface area contributed by atoms with Crippen molar-refractivity contribution in [1.82, 2.24) is 0 Å². The van der Waals surface area contributed by atoms with Gasteiger partial charge in [0.2, 0.25) is 0 Å². The molecule has 0 heterocycles. The smallest absolute Gasteiger partial charge is 0.0586 e. The van der Waals surface area contributed by atoms with Crippen LogP contribution in [0, 0.1) is 0 Å². The maximum absolute atomic E-state index is 2.44. The Bertz CT molecular complexity index is 61.9. The van der Waals surface area contributed by atoms with Crippen molar-refractivity contribution in [2.24, 2.45) is 0 Å². The van der Waals surface area contributed by atoms with Gasteiger partial charge in [-0.1, -0.05) is 6.92 Å². The van der Waals surface area contributed by atoms with E-state index in [0.717, 1.165) is 0 Å². The number of halogens is 1. The third kappa shape index (κ3) is 6.61. The zero-order chi connectivity index (χ0) is 6.62. The molecular formula is C7H18ClP. The molecule has 0 radical (unpaired) electrons. The van der Waals surface area contributed by atoms with Crippen molar-refractivity contribution < 1.29 is 12.4 Å². The van der Waals surface area contributed by atoms with Crippen LogP contribution < -0.4 is 12.4 Å². The van der Waals surface area contributed by atoms with Crippen LogP contribution in [0.3, 0.4) is 0 Å². The summed E-state index contributed by atoms with van der Waals surface area (Å²) < 4.78 is 0. The Kier molecular flexibility index (Phi) is 7.58. The van der Waals surface area contributed by atoms with E-state index in [4.69, 9.17) is 0 Å². The van der Waals surface area contributed by atoms with Crippen molar-refractivity contribution in [1.29, 1.82) is 0 Å². The molecule has 0 nitrogen and oxygen atoms in total. The standard InChI is InChI=1S/C7H18P.ClH/c1-5-7-8(3,4)6-2;/h5-7H2,1-4H3;1H/q+1;/p-1. The van der Waals surface area contributed by atoms with E-state index in [1.54, 1.807) is 0 Å². The molecule has 0 aliphatic heterocycles.